The number of benzene rings is 6. The minimum atomic E-state index is 0.522. The number of hydrogen-bond acceptors (Lipinski definition) is 1. The summed E-state index contributed by atoms with van der Waals surface area (Å²) in [5.74, 6) is 0.587. The van der Waals surface area contributed by atoms with Crippen molar-refractivity contribution in [1.82, 2.24) is 0 Å². The summed E-state index contributed by atoms with van der Waals surface area (Å²) in [4.78, 5) is 0. The first-order valence-corrected chi connectivity index (χ1v) is 15.1. The summed E-state index contributed by atoms with van der Waals surface area (Å²) in [5.41, 5.74) is 9.91. The van der Waals surface area contributed by atoms with Crippen molar-refractivity contribution in [3.63, 3.8) is 0 Å². The van der Waals surface area contributed by atoms with E-state index in [1.807, 2.05) is 24.3 Å². The van der Waals surface area contributed by atoms with Crippen LogP contribution in [0.1, 0.15) is 29.9 Å². The highest BCUT2D eigenvalue weighted by Crippen LogP contribution is 2.47. The van der Waals surface area contributed by atoms with Gasteiger partial charge in [-0.2, -0.15) is 0 Å². The second-order valence-corrected chi connectivity index (χ2v) is 11.7. The monoisotopic (exact) mass is 549 g/mol. The van der Waals surface area contributed by atoms with E-state index in [0.717, 1.165) is 11.1 Å². The highest BCUT2D eigenvalue weighted by Gasteiger charge is 2.27. The summed E-state index contributed by atoms with van der Waals surface area (Å²) >= 11 is 0. The molecule has 43 heavy (non-hydrogen) atoms. The predicted octanol–water partition coefficient (Wildman–Crippen LogP) is 11.4. The molecule has 0 unspecified atom stereocenters. The Morgan fingerprint density at radius 3 is 1.81 bits per heavy atom. The van der Waals surface area contributed by atoms with Crippen LogP contribution in [-0.2, 0) is 0 Å². The summed E-state index contributed by atoms with van der Waals surface area (Å²) in [6, 6.07) is 40.1. The Kier molecular flexibility index (Phi) is 6.05. The van der Waals surface area contributed by atoms with E-state index < -0.39 is 0 Å². The van der Waals surface area contributed by atoms with Crippen LogP contribution in [0.25, 0.3) is 60.1 Å². The maximum atomic E-state index is 8.40. The van der Waals surface area contributed by atoms with Gasteiger partial charge in [-0.1, -0.05) is 122 Å². The fourth-order valence-corrected chi connectivity index (χ4v) is 6.72. The molecular weight excluding hydrogens is 518 g/mol. The molecule has 1 fully saturated rings. The Morgan fingerprint density at radius 1 is 0.628 bits per heavy atom. The number of allylic oxidation sites excluding steroid dienone is 7. The molecule has 204 valence electrons. The maximum Gasteiger partial charge on any atom is 0.0612 e. The van der Waals surface area contributed by atoms with Gasteiger partial charge < -0.3 is 5.41 Å². The normalized spacial score (nSPS) is 15.6. The third-order valence-corrected chi connectivity index (χ3v) is 8.97. The van der Waals surface area contributed by atoms with Crippen molar-refractivity contribution >= 4 is 43.6 Å². The molecule has 0 bridgehead atoms. The average Bonchev–Trinajstić information content (AvgIpc) is 3.90. The zero-order chi connectivity index (χ0) is 28.9. The zero-order valence-corrected chi connectivity index (χ0v) is 24.0. The van der Waals surface area contributed by atoms with Crippen molar-refractivity contribution in [2.45, 2.75) is 18.8 Å². The van der Waals surface area contributed by atoms with Crippen molar-refractivity contribution in [3.05, 3.63) is 163 Å². The van der Waals surface area contributed by atoms with E-state index >= 15 is 0 Å². The van der Waals surface area contributed by atoms with Crippen LogP contribution in [0.15, 0.2) is 152 Å². The van der Waals surface area contributed by atoms with Crippen molar-refractivity contribution in [1.29, 1.82) is 5.41 Å². The van der Waals surface area contributed by atoms with Crippen LogP contribution >= 0.6 is 0 Å². The molecule has 6 aromatic rings. The van der Waals surface area contributed by atoms with Gasteiger partial charge in [0.1, 0.15) is 0 Å². The van der Waals surface area contributed by atoms with Crippen molar-refractivity contribution in [2.24, 2.45) is 0 Å². The lowest BCUT2D eigenvalue weighted by Crippen LogP contribution is -1.99. The first-order chi connectivity index (χ1) is 21.2. The van der Waals surface area contributed by atoms with Gasteiger partial charge in [0.25, 0.3) is 0 Å². The van der Waals surface area contributed by atoms with E-state index in [1.165, 1.54) is 78.5 Å². The maximum absolute atomic E-state index is 8.40. The van der Waals surface area contributed by atoms with Crippen molar-refractivity contribution in [2.75, 3.05) is 0 Å². The molecule has 0 aromatic heterocycles. The van der Waals surface area contributed by atoms with Crippen LogP contribution in [0.3, 0.4) is 0 Å². The molecule has 0 amide bonds. The van der Waals surface area contributed by atoms with Gasteiger partial charge in [0.15, 0.2) is 0 Å². The summed E-state index contributed by atoms with van der Waals surface area (Å²) < 4.78 is 0. The topological polar surface area (TPSA) is 23.9 Å². The van der Waals surface area contributed by atoms with E-state index in [1.54, 1.807) is 0 Å². The number of nitrogens with one attached hydrogen (secondary N) is 1. The molecule has 1 heteroatoms. The quantitative estimate of drug-likeness (QED) is 0.207. The average molecular weight is 550 g/mol. The molecule has 0 atom stereocenters. The van der Waals surface area contributed by atoms with E-state index in [9.17, 15) is 0 Å². The third-order valence-electron chi connectivity index (χ3n) is 8.97. The minimum absolute atomic E-state index is 0.522. The second-order valence-electron chi connectivity index (χ2n) is 11.7. The van der Waals surface area contributed by atoms with Crippen LogP contribution in [0.4, 0.5) is 0 Å². The van der Waals surface area contributed by atoms with E-state index in [2.05, 4.69) is 122 Å². The Balaban J connectivity index is 1.37. The summed E-state index contributed by atoms with van der Waals surface area (Å²) in [6.07, 6.45) is 12.3. The lowest BCUT2D eigenvalue weighted by atomic mass is 9.84. The van der Waals surface area contributed by atoms with Crippen molar-refractivity contribution in [3.8, 4) is 22.3 Å². The molecule has 0 saturated heterocycles. The minimum Gasteiger partial charge on any atom is -0.300 e. The fraction of sp³-hybridized carbons (Fsp3) is 0.0714. The fourth-order valence-electron chi connectivity index (χ4n) is 6.72. The number of rotatable bonds is 5. The first-order valence-electron chi connectivity index (χ1n) is 15.1. The van der Waals surface area contributed by atoms with Gasteiger partial charge in [0.05, 0.1) is 5.71 Å². The van der Waals surface area contributed by atoms with Crippen LogP contribution in [-0.4, -0.2) is 5.71 Å². The standard InChI is InChI=1S/C42H31N/c1-27(24-31-12-4-9-17-40(31)43)39-26-33(22-23-34(39)29-19-20-29)42-37-15-7-5-13-35(37)41(36-14-6-8-16-38(36)42)32-21-18-28-10-2-3-11-30(28)25-32/h2-18,21-26,29,43H,1,19-20H2/b31-24-,43-40?. The molecular formula is C42H31N. The van der Waals surface area contributed by atoms with Gasteiger partial charge in [-0.05, 0) is 120 Å². The third kappa shape index (κ3) is 4.45. The Morgan fingerprint density at radius 2 is 1.19 bits per heavy atom. The first kappa shape index (κ1) is 25.4. The molecule has 1 nitrogen and oxygen atoms in total. The highest BCUT2D eigenvalue weighted by atomic mass is 14.4. The zero-order valence-electron chi connectivity index (χ0n) is 24.0. The van der Waals surface area contributed by atoms with Crippen LogP contribution < -0.4 is 0 Å². The lowest BCUT2D eigenvalue weighted by molar-refractivity contribution is 1.12. The predicted molar refractivity (Wildman–Crippen MR) is 185 cm³/mol. The molecule has 2 aliphatic carbocycles. The van der Waals surface area contributed by atoms with E-state index in [0.29, 0.717) is 11.6 Å². The Bertz CT molecular complexity index is 2160. The lowest BCUT2D eigenvalue weighted by Gasteiger charge is -2.19. The van der Waals surface area contributed by atoms with Gasteiger partial charge in [0.2, 0.25) is 0 Å². The summed E-state index contributed by atoms with van der Waals surface area (Å²) in [7, 11) is 0. The number of fused-ring (bicyclic) bond motifs is 3. The molecule has 0 heterocycles. The molecule has 2 aliphatic rings. The van der Waals surface area contributed by atoms with Gasteiger partial charge in [-0.15, -0.1) is 0 Å². The Labute approximate surface area is 252 Å². The molecule has 1 saturated carbocycles. The molecule has 8 rings (SSSR count). The summed E-state index contributed by atoms with van der Waals surface area (Å²) in [5, 5.41) is 15.9. The SMILES string of the molecule is C=C(/C=C1/C=CC=CC1=N)c1cc(-c2c3ccccc3c(-c3ccc4ccccc4c3)c3ccccc23)ccc1C1CC1. The summed E-state index contributed by atoms with van der Waals surface area (Å²) in [6.45, 7) is 4.53. The van der Waals surface area contributed by atoms with Gasteiger partial charge >= 0.3 is 0 Å². The molecule has 0 radical (unpaired) electrons. The van der Waals surface area contributed by atoms with E-state index in [4.69, 9.17) is 5.41 Å². The molecule has 1 N–H and O–H groups in total. The highest BCUT2D eigenvalue weighted by molar-refractivity contribution is 6.22. The number of hydrogen-bond donors (Lipinski definition) is 1. The van der Waals surface area contributed by atoms with Crippen LogP contribution in [0.5, 0.6) is 0 Å². The van der Waals surface area contributed by atoms with Gasteiger partial charge in [-0.25, -0.2) is 0 Å². The van der Waals surface area contributed by atoms with Crippen molar-refractivity contribution < 1.29 is 0 Å². The molecule has 6 aromatic carbocycles. The van der Waals surface area contributed by atoms with Gasteiger partial charge in [-0.3, -0.25) is 0 Å². The van der Waals surface area contributed by atoms with Gasteiger partial charge in [0, 0.05) is 0 Å². The largest absolute Gasteiger partial charge is 0.300 e. The smallest absolute Gasteiger partial charge is 0.0612 e. The molecule has 0 spiro atoms. The molecule has 0 aliphatic heterocycles. The van der Waals surface area contributed by atoms with Crippen LogP contribution in [0, 0.1) is 5.41 Å². The Hall–Kier alpha value is -5.27. The van der Waals surface area contributed by atoms with Crippen LogP contribution in [0.2, 0.25) is 0 Å². The van der Waals surface area contributed by atoms with E-state index in [-0.39, 0.29) is 0 Å². The second kappa shape index (κ2) is 10.2.